The van der Waals surface area contributed by atoms with Crippen LogP contribution in [-0.4, -0.2) is 22.4 Å². The van der Waals surface area contributed by atoms with Gasteiger partial charge in [0.15, 0.2) is 0 Å². The highest BCUT2D eigenvalue weighted by molar-refractivity contribution is 7.98. The third-order valence-electron chi connectivity index (χ3n) is 1.78. The summed E-state index contributed by atoms with van der Waals surface area (Å²) < 4.78 is 0. The summed E-state index contributed by atoms with van der Waals surface area (Å²) in [4.78, 5) is 11.3. The van der Waals surface area contributed by atoms with Gasteiger partial charge < -0.3 is 5.32 Å². The first-order valence-electron chi connectivity index (χ1n) is 4.55. The number of hydrogen-bond acceptors (Lipinski definition) is 4. The number of nitrogens with one attached hydrogen (secondary N) is 2. The van der Waals surface area contributed by atoms with E-state index in [2.05, 4.69) is 15.5 Å². The molecular weight excluding hydrogens is 212 g/mol. The summed E-state index contributed by atoms with van der Waals surface area (Å²) in [7, 11) is 0. The fourth-order valence-electron chi connectivity index (χ4n) is 1.10. The quantitative estimate of drug-likeness (QED) is 0.763. The van der Waals surface area contributed by atoms with E-state index < -0.39 is 0 Å². The standard InChI is InChI=1S/C9H12N4OS/c1-3-4-7(14)11-8-6(5-10)9(15-2)13-12-8/h3-4H2,1-2H3,(H2,11,12,13,14). The molecule has 0 aliphatic carbocycles. The van der Waals surface area contributed by atoms with E-state index in [1.165, 1.54) is 11.8 Å². The Bertz CT molecular complexity index is 393. The van der Waals surface area contributed by atoms with E-state index in [4.69, 9.17) is 5.26 Å². The summed E-state index contributed by atoms with van der Waals surface area (Å²) in [5, 5.41) is 18.7. The molecule has 0 aliphatic rings. The summed E-state index contributed by atoms with van der Waals surface area (Å²) >= 11 is 1.37. The molecule has 0 bridgehead atoms. The lowest BCUT2D eigenvalue weighted by Crippen LogP contribution is -2.11. The van der Waals surface area contributed by atoms with Crippen LogP contribution in [0.25, 0.3) is 0 Å². The van der Waals surface area contributed by atoms with Crippen LogP contribution in [-0.2, 0) is 4.79 Å². The molecule has 0 atom stereocenters. The fourth-order valence-corrected chi connectivity index (χ4v) is 1.59. The Morgan fingerprint density at radius 2 is 2.47 bits per heavy atom. The molecule has 0 saturated carbocycles. The maximum atomic E-state index is 11.3. The largest absolute Gasteiger partial charge is 0.310 e. The van der Waals surface area contributed by atoms with Crippen molar-refractivity contribution in [3.05, 3.63) is 5.56 Å². The van der Waals surface area contributed by atoms with Gasteiger partial charge in [-0.2, -0.15) is 10.4 Å². The first kappa shape index (κ1) is 11.6. The number of nitrogens with zero attached hydrogens (tertiary/aromatic N) is 2. The zero-order chi connectivity index (χ0) is 11.3. The molecule has 0 aliphatic heterocycles. The number of hydrogen-bond donors (Lipinski definition) is 2. The minimum absolute atomic E-state index is 0.106. The summed E-state index contributed by atoms with van der Waals surface area (Å²) in [6.07, 6.45) is 3.05. The number of amides is 1. The molecule has 0 fully saturated rings. The summed E-state index contributed by atoms with van der Waals surface area (Å²) in [6, 6.07) is 2.01. The fraction of sp³-hybridized carbons (Fsp3) is 0.444. The Morgan fingerprint density at radius 3 is 3.00 bits per heavy atom. The number of anilines is 1. The van der Waals surface area contributed by atoms with Crippen LogP contribution < -0.4 is 5.32 Å². The van der Waals surface area contributed by atoms with Crippen molar-refractivity contribution in [3.63, 3.8) is 0 Å². The molecule has 80 valence electrons. The highest BCUT2D eigenvalue weighted by atomic mass is 32.2. The van der Waals surface area contributed by atoms with Crippen LogP contribution in [0.2, 0.25) is 0 Å². The van der Waals surface area contributed by atoms with Crippen molar-refractivity contribution in [1.29, 1.82) is 5.26 Å². The van der Waals surface area contributed by atoms with E-state index in [9.17, 15) is 4.79 Å². The Kier molecular flexibility index (Phi) is 4.18. The predicted octanol–water partition coefficient (Wildman–Crippen LogP) is 1.74. The van der Waals surface area contributed by atoms with Gasteiger partial charge in [-0.3, -0.25) is 9.89 Å². The zero-order valence-electron chi connectivity index (χ0n) is 8.63. The van der Waals surface area contributed by atoms with Crippen molar-refractivity contribution < 1.29 is 4.79 Å². The van der Waals surface area contributed by atoms with Crippen LogP contribution in [0.15, 0.2) is 5.03 Å². The monoisotopic (exact) mass is 224 g/mol. The van der Waals surface area contributed by atoms with Gasteiger partial charge in [0.25, 0.3) is 0 Å². The van der Waals surface area contributed by atoms with E-state index in [1.807, 2.05) is 19.2 Å². The van der Waals surface area contributed by atoms with Crippen LogP contribution >= 0.6 is 11.8 Å². The van der Waals surface area contributed by atoms with Crippen molar-refractivity contribution in [3.8, 4) is 6.07 Å². The number of carbonyl (C=O) groups excluding carboxylic acids is 1. The van der Waals surface area contributed by atoms with E-state index >= 15 is 0 Å². The maximum absolute atomic E-state index is 11.3. The van der Waals surface area contributed by atoms with Gasteiger partial charge in [0.1, 0.15) is 22.5 Å². The lowest BCUT2D eigenvalue weighted by Gasteiger charge is -2.00. The van der Waals surface area contributed by atoms with Crippen LogP contribution in [0.1, 0.15) is 25.3 Å². The number of rotatable bonds is 4. The molecule has 1 heterocycles. The van der Waals surface area contributed by atoms with Crippen LogP contribution in [0.3, 0.4) is 0 Å². The molecule has 0 radical (unpaired) electrons. The SMILES string of the molecule is CCCC(=O)Nc1[nH]nc(SC)c1C#N. The molecule has 1 aromatic rings. The lowest BCUT2D eigenvalue weighted by atomic mass is 10.3. The third kappa shape index (κ3) is 2.73. The molecule has 1 amide bonds. The molecule has 0 saturated heterocycles. The molecule has 15 heavy (non-hydrogen) atoms. The number of thioether (sulfide) groups is 1. The van der Waals surface area contributed by atoms with Gasteiger partial charge in [-0.15, -0.1) is 11.8 Å². The van der Waals surface area contributed by atoms with Gasteiger partial charge in [0.05, 0.1) is 0 Å². The highest BCUT2D eigenvalue weighted by Gasteiger charge is 2.13. The minimum Gasteiger partial charge on any atom is -0.310 e. The van der Waals surface area contributed by atoms with Gasteiger partial charge >= 0.3 is 0 Å². The molecule has 0 spiro atoms. The zero-order valence-corrected chi connectivity index (χ0v) is 9.44. The Balaban J connectivity index is 2.82. The Labute approximate surface area is 92.2 Å². The number of aromatic nitrogens is 2. The first-order valence-corrected chi connectivity index (χ1v) is 5.77. The lowest BCUT2D eigenvalue weighted by molar-refractivity contribution is -0.116. The maximum Gasteiger partial charge on any atom is 0.225 e. The normalized spacial score (nSPS) is 9.67. The van der Waals surface area contributed by atoms with Crippen LogP contribution in [0, 0.1) is 11.3 Å². The van der Waals surface area contributed by atoms with Gasteiger partial charge in [0, 0.05) is 6.42 Å². The number of nitriles is 1. The van der Waals surface area contributed by atoms with Crippen molar-refractivity contribution in [2.24, 2.45) is 0 Å². The Hall–Kier alpha value is -1.48. The molecular formula is C9H12N4OS. The second kappa shape index (κ2) is 5.41. The van der Waals surface area contributed by atoms with Gasteiger partial charge in [-0.1, -0.05) is 6.92 Å². The average molecular weight is 224 g/mol. The van der Waals surface area contributed by atoms with Crippen molar-refractivity contribution in [2.45, 2.75) is 24.8 Å². The minimum atomic E-state index is -0.106. The molecule has 2 N–H and O–H groups in total. The number of carbonyl (C=O) groups is 1. The van der Waals surface area contributed by atoms with Crippen molar-refractivity contribution >= 4 is 23.5 Å². The predicted molar refractivity (Wildman–Crippen MR) is 58.6 cm³/mol. The number of aromatic amines is 1. The van der Waals surface area contributed by atoms with Crippen molar-refractivity contribution in [1.82, 2.24) is 10.2 Å². The van der Waals surface area contributed by atoms with Crippen LogP contribution in [0.5, 0.6) is 0 Å². The van der Waals surface area contributed by atoms with E-state index in [-0.39, 0.29) is 5.91 Å². The second-order valence-electron chi connectivity index (χ2n) is 2.89. The molecule has 1 rings (SSSR count). The summed E-state index contributed by atoms with van der Waals surface area (Å²) in [5.74, 6) is 0.283. The van der Waals surface area contributed by atoms with Gasteiger partial charge in [-0.25, -0.2) is 0 Å². The highest BCUT2D eigenvalue weighted by Crippen LogP contribution is 2.23. The summed E-state index contributed by atoms with van der Waals surface area (Å²) in [5.41, 5.74) is 0.395. The second-order valence-corrected chi connectivity index (χ2v) is 3.69. The van der Waals surface area contributed by atoms with Gasteiger partial charge in [-0.05, 0) is 12.7 Å². The van der Waals surface area contributed by atoms with E-state index in [1.54, 1.807) is 0 Å². The van der Waals surface area contributed by atoms with Gasteiger partial charge in [0.2, 0.25) is 5.91 Å². The topological polar surface area (TPSA) is 81.6 Å². The molecule has 5 nitrogen and oxygen atoms in total. The summed E-state index contributed by atoms with van der Waals surface area (Å²) in [6.45, 7) is 1.92. The smallest absolute Gasteiger partial charge is 0.225 e. The average Bonchev–Trinajstić information content (AvgIpc) is 2.60. The molecule has 1 aromatic heterocycles. The van der Waals surface area contributed by atoms with Crippen molar-refractivity contribution in [2.75, 3.05) is 11.6 Å². The Morgan fingerprint density at radius 1 is 1.73 bits per heavy atom. The third-order valence-corrected chi connectivity index (χ3v) is 2.46. The first-order chi connectivity index (χ1) is 7.22. The molecule has 0 unspecified atom stereocenters. The van der Waals surface area contributed by atoms with Crippen LogP contribution in [0.4, 0.5) is 5.82 Å². The molecule has 6 heteroatoms. The number of H-pyrrole nitrogens is 1. The van der Waals surface area contributed by atoms with E-state index in [0.717, 1.165) is 6.42 Å². The molecule has 0 aromatic carbocycles. The van der Waals surface area contributed by atoms with E-state index in [0.29, 0.717) is 22.8 Å².